The molecule has 1 atom stereocenters. The van der Waals surface area contributed by atoms with Crippen LogP contribution in [0.5, 0.6) is 0 Å². The van der Waals surface area contributed by atoms with Gasteiger partial charge in [-0.3, -0.25) is 0 Å². The second-order valence-electron chi connectivity index (χ2n) is 5.77. The van der Waals surface area contributed by atoms with Gasteiger partial charge in [-0.25, -0.2) is 9.67 Å². The molecule has 1 aromatic rings. The van der Waals surface area contributed by atoms with Crippen LogP contribution >= 0.6 is 11.8 Å². The minimum atomic E-state index is 0.189. The first kappa shape index (κ1) is 14.9. The minimum absolute atomic E-state index is 0.189. The molecule has 4 nitrogen and oxygen atoms in total. The van der Waals surface area contributed by atoms with Gasteiger partial charge < -0.3 is 5.73 Å². The number of hydrogen-bond acceptors (Lipinski definition) is 4. The van der Waals surface area contributed by atoms with Crippen molar-refractivity contribution in [1.82, 2.24) is 14.8 Å². The summed E-state index contributed by atoms with van der Waals surface area (Å²) in [5.41, 5.74) is 6.25. The molecule has 0 saturated heterocycles. The summed E-state index contributed by atoms with van der Waals surface area (Å²) in [6, 6.07) is 0.546. The maximum atomic E-state index is 6.25. The maximum absolute atomic E-state index is 6.25. The van der Waals surface area contributed by atoms with Crippen LogP contribution in [0.4, 0.5) is 0 Å². The smallest absolute Gasteiger partial charge is 0.138 e. The van der Waals surface area contributed by atoms with Gasteiger partial charge in [0, 0.05) is 29.5 Å². The zero-order chi connectivity index (χ0) is 13.7. The lowest BCUT2D eigenvalue weighted by atomic mass is 10.0. The lowest BCUT2D eigenvalue weighted by Gasteiger charge is -2.22. The Hall–Kier alpha value is -0.550. The molecule has 2 rings (SSSR count). The largest absolute Gasteiger partial charge is 0.327 e. The molecule has 1 saturated carbocycles. The zero-order valence-corrected chi connectivity index (χ0v) is 12.9. The molecular weight excluding hydrogens is 256 g/mol. The van der Waals surface area contributed by atoms with Gasteiger partial charge in [0.2, 0.25) is 0 Å². The average molecular weight is 282 g/mol. The molecule has 1 unspecified atom stereocenters. The first-order valence-corrected chi connectivity index (χ1v) is 8.47. The highest BCUT2D eigenvalue weighted by Crippen LogP contribution is 2.28. The van der Waals surface area contributed by atoms with Gasteiger partial charge in [0.15, 0.2) is 0 Å². The van der Waals surface area contributed by atoms with Gasteiger partial charge in [0.05, 0.1) is 0 Å². The Kier molecular flexibility index (Phi) is 5.70. The van der Waals surface area contributed by atoms with Gasteiger partial charge in [0.25, 0.3) is 0 Å². The normalized spacial score (nSPS) is 18.9. The van der Waals surface area contributed by atoms with Crippen LogP contribution in [-0.2, 0) is 6.42 Å². The van der Waals surface area contributed by atoms with Crippen LogP contribution < -0.4 is 5.73 Å². The second kappa shape index (κ2) is 7.29. The van der Waals surface area contributed by atoms with E-state index in [0.29, 0.717) is 6.04 Å². The fourth-order valence-electron chi connectivity index (χ4n) is 2.64. The van der Waals surface area contributed by atoms with Crippen molar-refractivity contribution >= 4 is 11.8 Å². The van der Waals surface area contributed by atoms with E-state index in [9.17, 15) is 0 Å². The summed E-state index contributed by atoms with van der Waals surface area (Å²) in [6.45, 7) is 4.25. The molecule has 108 valence electrons. The van der Waals surface area contributed by atoms with Crippen molar-refractivity contribution in [1.29, 1.82) is 0 Å². The van der Waals surface area contributed by atoms with Crippen molar-refractivity contribution in [3.8, 4) is 0 Å². The number of rotatable bonds is 6. The molecule has 0 aromatic carbocycles. The molecule has 2 N–H and O–H groups in total. The quantitative estimate of drug-likeness (QED) is 0.871. The highest BCUT2D eigenvalue weighted by atomic mass is 32.2. The van der Waals surface area contributed by atoms with Crippen molar-refractivity contribution in [2.75, 3.05) is 5.75 Å². The van der Waals surface area contributed by atoms with E-state index in [0.717, 1.165) is 23.2 Å². The SMILES string of the molecule is CC(C)n1ncnc1CC(N)CSC1CCCCC1. The van der Waals surface area contributed by atoms with Crippen molar-refractivity contribution in [3.05, 3.63) is 12.2 Å². The maximum Gasteiger partial charge on any atom is 0.138 e. The summed E-state index contributed by atoms with van der Waals surface area (Å²) in [5, 5.41) is 5.10. The molecule has 0 amide bonds. The molecular formula is C14H26N4S. The Morgan fingerprint density at radius 1 is 1.37 bits per heavy atom. The molecule has 1 fully saturated rings. The Bertz CT molecular complexity index is 371. The Morgan fingerprint density at radius 3 is 2.79 bits per heavy atom. The van der Waals surface area contributed by atoms with Gasteiger partial charge >= 0.3 is 0 Å². The molecule has 1 aromatic heterocycles. The lowest BCUT2D eigenvalue weighted by Crippen LogP contribution is -2.29. The van der Waals surface area contributed by atoms with Crippen LogP contribution in [0, 0.1) is 0 Å². The minimum Gasteiger partial charge on any atom is -0.327 e. The Morgan fingerprint density at radius 2 is 2.11 bits per heavy atom. The van der Waals surface area contributed by atoms with Gasteiger partial charge in [-0.15, -0.1) is 0 Å². The van der Waals surface area contributed by atoms with E-state index in [1.54, 1.807) is 6.33 Å². The molecule has 1 aliphatic rings. The molecule has 1 heterocycles. The predicted molar refractivity (Wildman–Crippen MR) is 81.4 cm³/mol. The van der Waals surface area contributed by atoms with E-state index in [2.05, 4.69) is 35.7 Å². The fraction of sp³-hybridized carbons (Fsp3) is 0.857. The first-order chi connectivity index (χ1) is 9.16. The standard InChI is InChI=1S/C14H26N4S/c1-11(2)18-14(16-10-17-18)8-12(15)9-19-13-6-4-3-5-7-13/h10-13H,3-9,15H2,1-2H3. The van der Waals surface area contributed by atoms with Crippen molar-refractivity contribution < 1.29 is 0 Å². The third kappa shape index (κ3) is 4.49. The summed E-state index contributed by atoms with van der Waals surface area (Å²) in [7, 11) is 0. The Balaban J connectivity index is 1.77. The molecule has 19 heavy (non-hydrogen) atoms. The highest BCUT2D eigenvalue weighted by molar-refractivity contribution is 7.99. The summed E-state index contributed by atoms with van der Waals surface area (Å²) >= 11 is 2.06. The molecule has 5 heteroatoms. The number of nitrogens with zero attached hydrogens (tertiary/aromatic N) is 3. The number of thioether (sulfide) groups is 1. The van der Waals surface area contributed by atoms with Gasteiger partial charge in [0.1, 0.15) is 12.2 Å². The molecule has 0 aliphatic heterocycles. The fourth-order valence-corrected chi connectivity index (χ4v) is 3.94. The summed E-state index contributed by atoms with van der Waals surface area (Å²) in [4.78, 5) is 4.33. The van der Waals surface area contributed by atoms with Gasteiger partial charge in [-0.2, -0.15) is 16.9 Å². The lowest BCUT2D eigenvalue weighted by molar-refractivity contribution is 0.495. The molecule has 1 aliphatic carbocycles. The van der Waals surface area contributed by atoms with Crippen LogP contribution in [0.15, 0.2) is 6.33 Å². The van der Waals surface area contributed by atoms with E-state index in [4.69, 9.17) is 5.73 Å². The van der Waals surface area contributed by atoms with Gasteiger partial charge in [-0.05, 0) is 26.7 Å². The second-order valence-corrected chi connectivity index (χ2v) is 7.11. The van der Waals surface area contributed by atoms with Crippen molar-refractivity contribution in [2.24, 2.45) is 5.73 Å². The monoisotopic (exact) mass is 282 g/mol. The third-order valence-electron chi connectivity index (χ3n) is 3.68. The van der Waals surface area contributed by atoms with Crippen LogP contribution in [0.3, 0.4) is 0 Å². The molecule has 0 radical (unpaired) electrons. The van der Waals surface area contributed by atoms with Crippen LogP contribution in [0.2, 0.25) is 0 Å². The van der Waals surface area contributed by atoms with Crippen LogP contribution in [-0.4, -0.2) is 31.8 Å². The van der Waals surface area contributed by atoms with Crippen LogP contribution in [0.25, 0.3) is 0 Å². The highest BCUT2D eigenvalue weighted by Gasteiger charge is 2.17. The zero-order valence-electron chi connectivity index (χ0n) is 12.1. The molecule has 0 spiro atoms. The van der Waals surface area contributed by atoms with E-state index >= 15 is 0 Å². The van der Waals surface area contributed by atoms with E-state index in [1.165, 1.54) is 32.1 Å². The summed E-state index contributed by atoms with van der Waals surface area (Å²) in [6.07, 6.45) is 9.43. The first-order valence-electron chi connectivity index (χ1n) is 7.42. The van der Waals surface area contributed by atoms with Crippen molar-refractivity contribution in [3.63, 3.8) is 0 Å². The number of hydrogen-bond donors (Lipinski definition) is 1. The van der Waals surface area contributed by atoms with Gasteiger partial charge in [-0.1, -0.05) is 19.3 Å². The van der Waals surface area contributed by atoms with E-state index in [1.807, 2.05) is 4.68 Å². The van der Waals surface area contributed by atoms with Crippen LogP contribution in [0.1, 0.15) is 57.8 Å². The Labute approximate surface area is 120 Å². The predicted octanol–water partition coefficient (Wildman–Crippen LogP) is 2.79. The topological polar surface area (TPSA) is 56.7 Å². The third-order valence-corrected chi connectivity index (χ3v) is 5.24. The molecule has 0 bridgehead atoms. The average Bonchev–Trinajstić information content (AvgIpc) is 2.86. The van der Waals surface area contributed by atoms with E-state index < -0.39 is 0 Å². The van der Waals surface area contributed by atoms with E-state index in [-0.39, 0.29) is 6.04 Å². The number of aromatic nitrogens is 3. The summed E-state index contributed by atoms with van der Waals surface area (Å²) in [5.74, 6) is 2.06. The number of nitrogens with two attached hydrogens (primary N) is 1. The van der Waals surface area contributed by atoms with Crippen molar-refractivity contribution in [2.45, 2.75) is 69.7 Å². The summed E-state index contributed by atoms with van der Waals surface area (Å²) < 4.78 is 1.98.